The molecule has 0 saturated heterocycles. The van der Waals surface area contributed by atoms with Crippen molar-refractivity contribution in [2.24, 2.45) is 5.92 Å². The van der Waals surface area contributed by atoms with Gasteiger partial charge in [0.15, 0.2) is 0 Å². The number of hydrogen-bond acceptors (Lipinski definition) is 0. The largest absolute Gasteiger partial charge is 0.405 e. The van der Waals surface area contributed by atoms with E-state index in [0.29, 0.717) is 0 Å². The molecule has 0 amide bonds. The molecule has 0 aromatic heterocycles. The number of alkyl halides is 3. The van der Waals surface area contributed by atoms with Crippen molar-refractivity contribution in [3.05, 3.63) is 0 Å². The van der Waals surface area contributed by atoms with Crippen LogP contribution >= 0.6 is 0 Å². The lowest BCUT2D eigenvalue weighted by Crippen LogP contribution is -2.34. The molecule has 0 aromatic rings. The molecule has 4 heteroatoms. The quantitative estimate of drug-likeness (QED) is 0.530. The number of hydrogen-bond donors (Lipinski definition) is 0. The second kappa shape index (κ2) is 2.56. The molecule has 0 aliphatic heterocycles. The molecular weight excluding hydrogens is 131 g/mol. The second-order valence-corrected chi connectivity index (χ2v) is 2.26. The van der Waals surface area contributed by atoms with Gasteiger partial charge in [0.1, 0.15) is 6.04 Å². The van der Waals surface area contributed by atoms with Crippen molar-refractivity contribution in [1.82, 2.24) is 5.73 Å². The summed E-state index contributed by atoms with van der Waals surface area (Å²) in [6.07, 6.45) is -4.35. The van der Waals surface area contributed by atoms with Crippen molar-refractivity contribution < 1.29 is 13.2 Å². The Morgan fingerprint density at radius 1 is 1.22 bits per heavy atom. The predicted molar refractivity (Wildman–Crippen MR) is 27.8 cm³/mol. The first-order chi connectivity index (χ1) is 3.85. The molecule has 0 bridgehead atoms. The van der Waals surface area contributed by atoms with Gasteiger partial charge in [0, 0.05) is 0 Å². The van der Waals surface area contributed by atoms with Gasteiger partial charge < -0.3 is 0 Å². The molecule has 1 unspecified atom stereocenters. The fourth-order valence-electron chi connectivity index (χ4n) is 0.378. The van der Waals surface area contributed by atoms with Crippen LogP contribution in [0.2, 0.25) is 0 Å². The van der Waals surface area contributed by atoms with Crippen molar-refractivity contribution in [3.8, 4) is 0 Å². The fraction of sp³-hybridized carbons (Fsp3) is 1.00. The van der Waals surface area contributed by atoms with Crippen LogP contribution in [-0.2, 0) is 0 Å². The zero-order chi connectivity index (χ0) is 7.65. The molecule has 1 atom stereocenters. The van der Waals surface area contributed by atoms with Crippen LogP contribution in [0.4, 0.5) is 13.2 Å². The van der Waals surface area contributed by atoms with E-state index in [1.54, 1.807) is 0 Å². The Morgan fingerprint density at radius 2 is 1.56 bits per heavy atom. The maximum Gasteiger partial charge on any atom is 0.405 e. The Labute approximate surface area is 52.0 Å². The first-order valence-electron chi connectivity index (χ1n) is 2.63. The van der Waals surface area contributed by atoms with E-state index in [1.807, 2.05) is 0 Å². The van der Waals surface area contributed by atoms with Crippen LogP contribution in [-0.4, -0.2) is 12.2 Å². The minimum atomic E-state index is -4.35. The maximum absolute atomic E-state index is 11.5. The Kier molecular flexibility index (Phi) is 2.49. The highest BCUT2D eigenvalue weighted by Gasteiger charge is 2.39. The minimum absolute atomic E-state index is 0.648. The highest BCUT2D eigenvalue weighted by Crippen LogP contribution is 2.24. The molecule has 9 heavy (non-hydrogen) atoms. The van der Waals surface area contributed by atoms with Gasteiger partial charge in [-0.2, -0.15) is 13.2 Å². The molecule has 0 aliphatic carbocycles. The van der Waals surface area contributed by atoms with Crippen LogP contribution in [0.25, 0.3) is 0 Å². The van der Waals surface area contributed by atoms with E-state index in [9.17, 15) is 13.2 Å². The van der Waals surface area contributed by atoms with Crippen LogP contribution < -0.4 is 5.73 Å². The van der Waals surface area contributed by atoms with Gasteiger partial charge in [-0.05, 0) is 5.92 Å². The van der Waals surface area contributed by atoms with Crippen molar-refractivity contribution in [1.29, 1.82) is 0 Å². The van der Waals surface area contributed by atoms with Crippen LogP contribution in [0.15, 0.2) is 0 Å². The third-order valence-corrected chi connectivity index (χ3v) is 1.02. The van der Waals surface area contributed by atoms with Gasteiger partial charge >= 0.3 is 6.18 Å². The zero-order valence-electron chi connectivity index (χ0n) is 5.29. The lowest BCUT2D eigenvalue weighted by Gasteiger charge is -2.17. The summed E-state index contributed by atoms with van der Waals surface area (Å²) in [6, 6.07) is -1.93. The molecule has 0 fully saturated rings. The Bertz CT molecular complexity index is 86.7. The molecule has 0 rings (SSSR count). The molecule has 1 radical (unpaired) electrons. The molecule has 55 valence electrons. The summed E-state index contributed by atoms with van der Waals surface area (Å²) in [5, 5.41) is 0. The van der Waals surface area contributed by atoms with Gasteiger partial charge in [-0.15, -0.1) is 0 Å². The van der Waals surface area contributed by atoms with Gasteiger partial charge in [-0.25, -0.2) is 5.73 Å². The third-order valence-electron chi connectivity index (χ3n) is 1.02. The van der Waals surface area contributed by atoms with E-state index < -0.39 is 18.1 Å². The molecular formula is C5H9F3N. The summed E-state index contributed by atoms with van der Waals surface area (Å²) < 4.78 is 34.5. The second-order valence-electron chi connectivity index (χ2n) is 2.26. The van der Waals surface area contributed by atoms with Crippen molar-refractivity contribution in [3.63, 3.8) is 0 Å². The van der Waals surface area contributed by atoms with Crippen LogP contribution in [0.1, 0.15) is 13.8 Å². The van der Waals surface area contributed by atoms with Gasteiger partial charge in [-0.3, -0.25) is 0 Å². The van der Waals surface area contributed by atoms with E-state index in [1.165, 1.54) is 13.8 Å². The summed E-state index contributed by atoms with van der Waals surface area (Å²) in [4.78, 5) is 0. The van der Waals surface area contributed by atoms with Crippen molar-refractivity contribution in [2.45, 2.75) is 26.1 Å². The molecule has 1 nitrogen and oxygen atoms in total. The average Bonchev–Trinajstić information content (AvgIpc) is 1.62. The Morgan fingerprint density at radius 3 is 1.56 bits per heavy atom. The van der Waals surface area contributed by atoms with E-state index in [2.05, 4.69) is 0 Å². The van der Waals surface area contributed by atoms with Gasteiger partial charge in [-0.1, -0.05) is 13.8 Å². The normalized spacial score (nSPS) is 16.3. The standard InChI is InChI=1S/C5H9F3N/c1-3(2)4(9)5(6,7)8/h3-4,9H,1-2H3. The topological polar surface area (TPSA) is 23.8 Å². The first-order valence-corrected chi connectivity index (χ1v) is 2.63. The number of halogens is 3. The van der Waals surface area contributed by atoms with E-state index in [0.717, 1.165) is 0 Å². The lowest BCUT2D eigenvalue weighted by atomic mass is 10.1. The molecule has 0 saturated carbocycles. The molecule has 0 aromatic carbocycles. The maximum atomic E-state index is 11.5. The first kappa shape index (κ1) is 8.75. The smallest absolute Gasteiger partial charge is 0.245 e. The summed E-state index contributed by atoms with van der Waals surface area (Å²) >= 11 is 0. The average molecular weight is 140 g/mol. The molecule has 0 heterocycles. The SMILES string of the molecule is CC(C)C([NH])C(F)(F)F. The van der Waals surface area contributed by atoms with Gasteiger partial charge in [0.2, 0.25) is 0 Å². The molecule has 1 N–H and O–H groups in total. The van der Waals surface area contributed by atoms with Crippen LogP contribution in [0.3, 0.4) is 0 Å². The summed E-state index contributed by atoms with van der Waals surface area (Å²) in [6.45, 7) is 2.76. The predicted octanol–water partition coefficient (Wildman–Crippen LogP) is 1.86. The Balaban J connectivity index is 3.88. The van der Waals surface area contributed by atoms with Gasteiger partial charge in [0.05, 0.1) is 0 Å². The highest BCUT2D eigenvalue weighted by atomic mass is 19.4. The van der Waals surface area contributed by atoms with Crippen LogP contribution in [0, 0.1) is 5.92 Å². The summed E-state index contributed by atoms with van der Waals surface area (Å²) in [7, 11) is 0. The number of nitrogens with one attached hydrogen (secondary N) is 1. The molecule has 0 spiro atoms. The van der Waals surface area contributed by atoms with E-state index in [-0.39, 0.29) is 0 Å². The van der Waals surface area contributed by atoms with Crippen molar-refractivity contribution >= 4 is 0 Å². The number of rotatable bonds is 1. The third kappa shape index (κ3) is 2.70. The fourth-order valence-corrected chi connectivity index (χ4v) is 0.378. The highest BCUT2D eigenvalue weighted by molar-refractivity contribution is 4.72. The minimum Gasteiger partial charge on any atom is -0.245 e. The summed E-state index contributed by atoms with van der Waals surface area (Å²) in [5.41, 5.74) is 6.55. The van der Waals surface area contributed by atoms with Gasteiger partial charge in [0.25, 0.3) is 0 Å². The Hall–Kier alpha value is -0.250. The monoisotopic (exact) mass is 140 g/mol. The lowest BCUT2D eigenvalue weighted by molar-refractivity contribution is -0.158. The van der Waals surface area contributed by atoms with E-state index >= 15 is 0 Å². The van der Waals surface area contributed by atoms with Crippen molar-refractivity contribution in [2.75, 3.05) is 0 Å². The summed E-state index contributed by atoms with van der Waals surface area (Å²) in [5.74, 6) is -0.648. The zero-order valence-corrected chi connectivity index (χ0v) is 5.29. The molecule has 0 aliphatic rings. The van der Waals surface area contributed by atoms with E-state index in [4.69, 9.17) is 5.73 Å². The van der Waals surface area contributed by atoms with Crippen LogP contribution in [0.5, 0.6) is 0 Å².